The number of piperazine rings is 1. The second kappa shape index (κ2) is 8.80. The molecule has 1 aromatic rings. The fourth-order valence-electron chi connectivity index (χ4n) is 2.48. The van der Waals surface area contributed by atoms with Crippen LogP contribution in [0.1, 0.15) is 17.2 Å². The molecule has 2 nitrogen and oxygen atoms in total. The molecule has 0 spiro atoms. The molecule has 1 aliphatic heterocycles. The number of hydrogen-bond acceptors (Lipinski definition) is 2. The minimum Gasteiger partial charge on any atom is -0.314 e. The van der Waals surface area contributed by atoms with Gasteiger partial charge in [0, 0.05) is 26.2 Å². The molecule has 11 heteroatoms. The van der Waals surface area contributed by atoms with Crippen LogP contribution in [-0.2, 0) is 6.18 Å². The van der Waals surface area contributed by atoms with Gasteiger partial charge in [-0.3, -0.25) is 4.90 Å². The minimum absolute atomic E-state index is 0. The smallest absolute Gasteiger partial charge is 0.314 e. The Morgan fingerprint density at radius 1 is 1.00 bits per heavy atom. The van der Waals surface area contributed by atoms with Crippen LogP contribution in [0.2, 0.25) is 5.02 Å². The van der Waals surface area contributed by atoms with E-state index in [4.69, 9.17) is 11.6 Å². The van der Waals surface area contributed by atoms with Crippen molar-refractivity contribution in [3.05, 3.63) is 34.3 Å². The maximum absolute atomic E-state index is 13.3. The summed E-state index contributed by atoms with van der Waals surface area (Å²) in [7, 11) is 0. The Hall–Kier alpha value is -0.410. The number of nitrogens with zero attached hydrogens (tertiary/aromatic N) is 1. The zero-order chi connectivity index (χ0) is 16.5. The molecule has 1 aliphatic rings. The van der Waals surface area contributed by atoms with Gasteiger partial charge in [0.05, 0.1) is 10.6 Å². The lowest BCUT2D eigenvalue weighted by atomic mass is 10.0. The van der Waals surface area contributed by atoms with Gasteiger partial charge in [0.2, 0.25) is 0 Å². The zero-order valence-electron chi connectivity index (χ0n) is 12.0. The Morgan fingerprint density at radius 3 is 2.00 bits per heavy atom. The molecular weight excluding hydrogens is 405 g/mol. The Labute approximate surface area is 152 Å². The van der Waals surface area contributed by atoms with E-state index in [1.807, 2.05) is 0 Å². The van der Waals surface area contributed by atoms with Gasteiger partial charge in [0.25, 0.3) is 0 Å². The summed E-state index contributed by atoms with van der Waals surface area (Å²) in [6.07, 6.45) is -9.47. The predicted octanol–water partition coefficient (Wildman–Crippen LogP) is 4.71. The molecule has 0 unspecified atom stereocenters. The molecule has 1 aromatic carbocycles. The first-order chi connectivity index (χ1) is 10.1. The van der Waals surface area contributed by atoms with Crippen molar-refractivity contribution in [2.24, 2.45) is 0 Å². The summed E-state index contributed by atoms with van der Waals surface area (Å²) < 4.78 is 78.6. The summed E-state index contributed by atoms with van der Waals surface area (Å²) in [5.74, 6) is 0. The van der Waals surface area contributed by atoms with E-state index < -0.39 is 34.5 Å². The molecule has 0 saturated carbocycles. The summed E-state index contributed by atoms with van der Waals surface area (Å²) in [6.45, 7) is 0.918. The van der Waals surface area contributed by atoms with Crippen molar-refractivity contribution in [3.63, 3.8) is 0 Å². The summed E-state index contributed by atoms with van der Waals surface area (Å²) in [4.78, 5) is 1.12. The topological polar surface area (TPSA) is 15.3 Å². The quantitative estimate of drug-likeness (QED) is 0.699. The lowest BCUT2D eigenvalue weighted by Gasteiger charge is -2.36. The summed E-state index contributed by atoms with van der Waals surface area (Å²) >= 11 is 5.46. The van der Waals surface area contributed by atoms with E-state index >= 15 is 0 Å². The maximum atomic E-state index is 13.3. The van der Waals surface area contributed by atoms with E-state index in [2.05, 4.69) is 5.32 Å². The van der Waals surface area contributed by atoms with Gasteiger partial charge in [0.1, 0.15) is 6.04 Å². The van der Waals surface area contributed by atoms with Gasteiger partial charge in [-0.15, -0.1) is 24.8 Å². The Morgan fingerprint density at radius 2 is 1.54 bits per heavy atom. The maximum Gasteiger partial charge on any atom is 0.417 e. The number of rotatable bonds is 2. The average molecular weight is 420 g/mol. The molecule has 1 heterocycles. The van der Waals surface area contributed by atoms with Gasteiger partial charge in [-0.1, -0.05) is 17.7 Å². The van der Waals surface area contributed by atoms with E-state index in [0.29, 0.717) is 19.2 Å². The van der Waals surface area contributed by atoms with Crippen molar-refractivity contribution >= 4 is 36.4 Å². The van der Waals surface area contributed by atoms with Crippen molar-refractivity contribution in [1.82, 2.24) is 10.2 Å². The minimum atomic E-state index is -4.80. The molecule has 0 aromatic heterocycles. The zero-order valence-corrected chi connectivity index (χ0v) is 14.4. The van der Waals surface area contributed by atoms with E-state index in [1.165, 1.54) is 0 Å². The van der Waals surface area contributed by atoms with Crippen LogP contribution in [0.25, 0.3) is 0 Å². The van der Waals surface area contributed by atoms with Crippen molar-refractivity contribution in [3.8, 4) is 0 Å². The van der Waals surface area contributed by atoms with Crippen molar-refractivity contribution in [2.45, 2.75) is 18.4 Å². The second-order valence-corrected chi connectivity index (χ2v) is 5.37. The van der Waals surface area contributed by atoms with Crippen molar-refractivity contribution in [2.75, 3.05) is 26.2 Å². The van der Waals surface area contributed by atoms with Crippen molar-refractivity contribution in [1.29, 1.82) is 0 Å². The first-order valence-electron chi connectivity index (χ1n) is 6.49. The standard InChI is InChI=1S/C13H13ClF6N2.2ClH/c14-10-2-1-8(7-9(10)12(15,16)17)11(13(18,19)20)22-5-3-21-4-6-22;;/h1-2,7,11,21H,3-6H2;2*1H/t11-;;/m0../s1. The number of alkyl halides is 6. The highest BCUT2D eigenvalue weighted by molar-refractivity contribution is 6.31. The van der Waals surface area contributed by atoms with Crippen LogP contribution in [0.4, 0.5) is 26.3 Å². The van der Waals surface area contributed by atoms with E-state index in [-0.39, 0.29) is 37.9 Å². The molecule has 2 rings (SSSR count). The normalized spacial score (nSPS) is 17.6. The number of hydrogen-bond donors (Lipinski definition) is 1. The fourth-order valence-corrected chi connectivity index (χ4v) is 2.70. The van der Waals surface area contributed by atoms with Gasteiger partial charge < -0.3 is 5.32 Å². The third-order valence-electron chi connectivity index (χ3n) is 3.44. The summed E-state index contributed by atoms with van der Waals surface area (Å²) in [5, 5.41) is 2.29. The van der Waals surface area contributed by atoms with Crippen LogP contribution >= 0.6 is 36.4 Å². The van der Waals surface area contributed by atoms with Gasteiger partial charge in [0.15, 0.2) is 0 Å². The number of nitrogens with one attached hydrogen (secondary N) is 1. The van der Waals surface area contributed by atoms with Gasteiger partial charge in [-0.25, -0.2) is 0 Å². The molecule has 1 atom stereocenters. The molecule has 140 valence electrons. The molecule has 1 N–H and O–H groups in total. The molecule has 1 fully saturated rings. The second-order valence-electron chi connectivity index (χ2n) is 4.97. The molecular formula is C13H15Cl3F6N2. The van der Waals surface area contributed by atoms with Crippen LogP contribution < -0.4 is 5.32 Å². The molecule has 0 aliphatic carbocycles. The Bertz CT molecular complexity index is 529. The SMILES string of the molecule is Cl.Cl.FC(F)(F)c1cc([C@H](N2CCNCC2)C(F)(F)F)ccc1Cl. The molecule has 0 amide bonds. The largest absolute Gasteiger partial charge is 0.417 e. The highest BCUT2D eigenvalue weighted by Gasteiger charge is 2.46. The number of halogens is 9. The molecule has 0 bridgehead atoms. The average Bonchev–Trinajstić information content (AvgIpc) is 2.39. The Kier molecular flexibility index (Phi) is 8.65. The summed E-state index contributed by atoms with van der Waals surface area (Å²) in [6, 6.07) is 0.272. The van der Waals surface area contributed by atoms with Crippen LogP contribution in [0.5, 0.6) is 0 Å². The van der Waals surface area contributed by atoms with Crippen LogP contribution in [-0.4, -0.2) is 37.3 Å². The van der Waals surface area contributed by atoms with Gasteiger partial charge in [-0.05, 0) is 17.7 Å². The lowest BCUT2D eigenvalue weighted by molar-refractivity contribution is -0.188. The first-order valence-corrected chi connectivity index (χ1v) is 6.86. The summed E-state index contributed by atoms with van der Waals surface area (Å²) in [5.41, 5.74) is -1.71. The lowest BCUT2D eigenvalue weighted by Crippen LogP contribution is -2.49. The number of benzene rings is 1. The van der Waals surface area contributed by atoms with Crippen LogP contribution in [0.15, 0.2) is 18.2 Å². The van der Waals surface area contributed by atoms with Crippen LogP contribution in [0, 0.1) is 0 Å². The monoisotopic (exact) mass is 418 g/mol. The van der Waals surface area contributed by atoms with E-state index in [1.54, 1.807) is 0 Å². The van der Waals surface area contributed by atoms with Crippen LogP contribution in [0.3, 0.4) is 0 Å². The van der Waals surface area contributed by atoms with Gasteiger partial charge in [-0.2, -0.15) is 26.3 Å². The molecule has 1 saturated heterocycles. The highest BCUT2D eigenvalue weighted by Crippen LogP contribution is 2.41. The van der Waals surface area contributed by atoms with E-state index in [9.17, 15) is 26.3 Å². The van der Waals surface area contributed by atoms with Gasteiger partial charge >= 0.3 is 12.4 Å². The molecule has 24 heavy (non-hydrogen) atoms. The van der Waals surface area contributed by atoms with Crippen molar-refractivity contribution < 1.29 is 26.3 Å². The molecule has 0 radical (unpaired) electrons. The third kappa shape index (κ3) is 5.56. The fraction of sp³-hybridized carbons (Fsp3) is 0.538. The predicted molar refractivity (Wildman–Crippen MR) is 84.2 cm³/mol. The Balaban J connectivity index is 0.00000264. The van der Waals surface area contributed by atoms with E-state index in [0.717, 1.165) is 17.0 Å². The first kappa shape index (κ1) is 23.6. The third-order valence-corrected chi connectivity index (χ3v) is 3.77. The highest BCUT2D eigenvalue weighted by atomic mass is 35.5.